The third-order valence-electron chi connectivity index (χ3n) is 3.69. The lowest BCUT2D eigenvalue weighted by atomic mass is 10.3. The Labute approximate surface area is 140 Å². The van der Waals surface area contributed by atoms with Crippen LogP contribution in [0.5, 0.6) is 0 Å². The molecule has 0 saturated heterocycles. The smallest absolute Gasteiger partial charge is 0.264 e. The van der Waals surface area contributed by atoms with Crippen molar-refractivity contribution in [1.29, 1.82) is 0 Å². The average molecular weight is 376 g/mol. The Balaban J connectivity index is 3.85. The number of unbranched alkanes of at least 4 members (excludes halogenated alkanes) is 2. The summed E-state index contributed by atoms with van der Waals surface area (Å²) in [5, 5.41) is 0. The molecule has 23 heavy (non-hydrogen) atoms. The van der Waals surface area contributed by atoms with Crippen LogP contribution in [0.15, 0.2) is 0 Å². The van der Waals surface area contributed by atoms with E-state index in [4.69, 9.17) is 9.11 Å². The molecule has 0 aromatic rings. The van der Waals surface area contributed by atoms with Gasteiger partial charge in [0.25, 0.3) is 20.2 Å². The Kier molecular flexibility index (Phi) is 9.78. The van der Waals surface area contributed by atoms with Crippen molar-refractivity contribution in [1.82, 2.24) is 4.90 Å². The van der Waals surface area contributed by atoms with Crippen LogP contribution in [0.1, 0.15) is 25.7 Å². The van der Waals surface area contributed by atoms with Gasteiger partial charge in [-0.3, -0.25) is 9.11 Å². The van der Waals surface area contributed by atoms with Gasteiger partial charge in [-0.2, -0.15) is 16.8 Å². The van der Waals surface area contributed by atoms with Gasteiger partial charge in [0.1, 0.15) is 0 Å². The van der Waals surface area contributed by atoms with E-state index in [1.807, 2.05) is 7.05 Å². The van der Waals surface area contributed by atoms with Crippen LogP contribution in [0.3, 0.4) is 0 Å². The first-order valence-electron chi connectivity index (χ1n) is 7.72. The summed E-state index contributed by atoms with van der Waals surface area (Å²) in [7, 11) is -1.63. The van der Waals surface area contributed by atoms with Crippen LogP contribution in [0.4, 0.5) is 0 Å². The number of likely N-dealkylation sites (N-methyl/N-ethyl adjacent to an activating group) is 2. The van der Waals surface area contributed by atoms with Gasteiger partial charge in [0.2, 0.25) is 0 Å². The van der Waals surface area contributed by atoms with Gasteiger partial charge in [-0.1, -0.05) is 0 Å². The summed E-state index contributed by atoms with van der Waals surface area (Å²) in [6.45, 7) is 3.32. The summed E-state index contributed by atoms with van der Waals surface area (Å²) in [5.41, 5.74) is 0. The van der Waals surface area contributed by atoms with E-state index >= 15 is 0 Å². The van der Waals surface area contributed by atoms with Crippen molar-refractivity contribution >= 4 is 20.2 Å². The Morgan fingerprint density at radius 1 is 0.783 bits per heavy atom. The molecule has 8 nitrogen and oxygen atoms in total. The van der Waals surface area contributed by atoms with Gasteiger partial charge in [-0.25, -0.2) is 0 Å². The van der Waals surface area contributed by atoms with Gasteiger partial charge in [0.15, 0.2) is 0 Å². The number of quaternary nitrogens is 1. The maximum absolute atomic E-state index is 10.6. The highest BCUT2D eigenvalue weighted by molar-refractivity contribution is 7.86. The number of nitrogens with zero attached hydrogens (tertiary/aromatic N) is 2. The van der Waals surface area contributed by atoms with Crippen LogP contribution in [-0.4, -0.2) is 94.2 Å². The summed E-state index contributed by atoms with van der Waals surface area (Å²) in [6, 6.07) is 0. The Morgan fingerprint density at radius 2 is 1.26 bits per heavy atom. The minimum atomic E-state index is -3.87. The van der Waals surface area contributed by atoms with Crippen molar-refractivity contribution in [3.8, 4) is 0 Å². The van der Waals surface area contributed by atoms with Gasteiger partial charge in [0, 0.05) is 6.54 Å². The van der Waals surface area contributed by atoms with E-state index in [0.717, 1.165) is 37.1 Å². The van der Waals surface area contributed by atoms with E-state index in [-0.39, 0.29) is 11.5 Å². The molecular weight excluding hydrogens is 344 g/mol. The fraction of sp³-hybridized carbons (Fsp3) is 1.00. The molecule has 0 atom stereocenters. The van der Waals surface area contributed by atoms with Crippen LogP contribution < -0.4 is 0 Å². The van der Waals surface area contributed by atoms with Crippen molar-refractivity contribution < 1.29 is 30.4 Å². The molecule has 2 N–H and O–H groups in total. The molecule has 0 bridgehead atoms. The van der Waals surface area contributed by atoms with Crippen LogP contribution in [0.25, 0.3) is 0 Å². The molecule has 0 rings (SSSR count). The molecule has 0 aromatic heterocycles. The fourth-order valence-corrected chi connectivity index (χ4v) is 3.29. The lowest BCUT2D eigenvalue weighted by molar-refractivity contribution is -0.890. The molecule has 10 heteroatoms. The summed E-state index contributed by atoms with van der Waals surface area (Å²) in [4.78, 5) is 2.11. The molecule has 0 aliphatic heterocycles. The van der Waals surface area contributed by atoms with Crippen molar-refractivity contribution in [3.63, 3.8) is 0 Å². The van der Waals surface area contributed by atoms with Crippen molar-refractivity contribution in [3.05, 3.63) is 0 Å². The highest BCUT2D eigenvalue weighted by Gasteiger charge is 2.16. The minimum absolute atomic E-state index is 0.194. The highest BCUT2D eigenvalue weighted by Crippen LogP contribution is 2.04. The minimum Gasteiger partial charge on any atom is -0.327 e. The quantitative estimate of drug-likeness (QED) is 0.271. The summed E-state index contributed by atoms with van der Waals surface area (Å²) >= 11 is 0. The molecule has 0 amide bonds. The molecule has 140 valence electrons. The topological polar surface area (TPSA) is 112 Å². The molecule has 0 aromatic carbocycles. The van der Waals surface area contributed by atoms with Crippen molar-refractivity contribution in [2.24, 2.45) is 0 Å². The van der Waals surface area contributed by atoms with Crippen molar-refractivity contribution in [2.75, 3.05) is 58.8 Å². The Morgan fingerprint density at radius 3 is 1.74 bits per heavy atom. The van der Waals surface area contributed by atoms with Crippen LogP contribution in [-0.2, 0) is 20.2 Å². The van der Waals surface area contributed by atoms with Gasteiger partial charge < -0.3 is 9.38 Å². The second kappa shape index (κ2) is 9.90. The molecule has 0 aliphatic rings. The van der Waals surface area contributed by atoms with Gasteiger partial charge >= 0.3 is 0 Å². The second-order valence-corrected chi connectivity index (χ2v) is 9.82. The molecule has 0 saturated carbocycles. The zero-order valence-corrected chi connectivity index (χ0v) is 15.9. The molecule has 0 spiro atoms. The molecule has 0 heterocycles. The van der Waals surface area contributed by atoms with E-state index in [9.17, 15) is 16.8 Å². The maximum Gasteiger partial charge on any atom is 0.264 e. The molecule has 0 unspecified atom stereocenters. The molecule has 0 radical (unpaired) electrons. The third-order valence-corrected chi connectivity index (χ3v) is 5.30. The van der Waals surface area contributed by atoms with E-state index in [1.165, 1.54) is 0 Å². The highest BCUT2D eigenvalue weighted by atomic mass is 32.2. The lowest BCUT2D eigenvalue weighted by Gasteiger charge is -2.31. The standard InChI is InChI=1S/C13H30N2O6S2/c1-14(8-4-6-12-22(16,17)18)9-11-15(2,3)10-5-7-13-23(19,20)21/h4-13H2,1-3H3,(H-,16,17,18,19,20,21)/p+1. The number of rotatable bonds is 13. The third kappa shape index (κ3) is 16.4. The predicted molar refractivity (Wildman–Crippen MR) is 90.6 cm³/mol. The normalized spacial score (nSPS) is 13.7. The van der Waals surface area contributed by atoms with Gasteiger partial charge in [0.05, 0.1) is 38.7 Å². The molecule has 0 fully saturated rings. The van der Waals surface area contributed by atoms with Crippen molar-refractivity contribution in [2.45, 2.75) is 25.7 Å². The average Bonchev–Trinajstić information content (AvgIpc) is 2.36. The summed E-state index contributed by atoms with van der Waals surface area (Å²) in [5.74, 6) is -0.392. The Hall–Kier alpha value is -0.260. The first-order valence-corrected chi connectivity index (χ1v) is 10.9. The van der Waals surface area contributed by atoms with E-state index in [0.29, 0.717) is 19.3 Å². The van der Waals surface area contributed by atoms with E-state index < -0.39 is 20.2 Å². The molecule has 0 aliphatic carbocycles. The monoisotopic (exact) mass is 375 g/mol. The first-order chi connectivity index (χ1) is 10.3. The van der Waals surface area contributed by atoms with E-state index in [1.54, 1.807) is 0 Å². The second-order valence-electron chi connectivity index (χ2n) is 6.67. The maximum atomic E-state index is 10.6. The van der Waals surface area contributed by atoms with Gasteiger partial charge in [-0.15, -0.1) is 0 Å². The van der Waals surface area contributed by atoms with Crippen LogP contribution in [0.2, 0.25) is 0 Å². The number of hydrogen-bond acceptors (Lipinski definition) is 5. The predicted octanol–water partition coefficient (Wildman–Crippen LogP) is 0.331. The lowest BCUT2D eigenvalue weighted by Crippen LogP contribution is -2.45. The van der Waals surface area contributed by atoms with Crippen LogP contribution in [0, 0.1) is 0 Å². The fourth-order valence-electron chi connectivity index (χ4n) is 2.16. The summed E-state index contributed by atoms with van der Waals surface area (Å²) < 4.78 is 60.6. The zero-order chi connectivity index (χ0) is 18.1. The largest absolute Gasteiger partial charge is 0.327 e. The number of hydrogen-bond donors (Lipinski definition) is 2. The zero-order valence-electron chi connectivity index (χ0n) is 14.3. The Bertz CT molecular complexity index is 531. The van der Waals surface area contributed by atoms with Gasteiger partial charge in [-0.05, 0) is 39.3 Å². The molecular formula is C13H31N2O6S2+. The summed E-state index contributed by atoms with van der Waals surface area (Å²) in [6.07, 6.45) is 2.33. The SMILES string of the molecule is CN(CCCCS(=O)(=O)O)CC[N+](C)(C)CCCCS(=O)(=O)O. The van der Waals surface area contributed by atoms with E-state index in [2.05, 4.69) is 19.0 Å². The van der Waals surface area contributed by atoms with Crippen LogP contribution >= 0.6 is 0 Å². The first kappa shape index (κ1) is 22.7.